The third-order valence-electron chi connectivity index (χ3n) is 1.91. The van der Waals surface area contributed by atoms with Crippen LogP contribution in [0.5, 0.6) is 0 Å². The van der Waals surface area contributed by atoms with E-state index >= 15 is 0 Å². The van der Waals surface area contributed by atoms with Gasteiger partial charge in [0.1, 0.15) is 0 Å². The van der Waals surface area contributed by atoms with Gasteiger partial charge in [-0.2, -0.15) is 0 Å². The molecule has 1 N–H and O–H groups in total. The van der Waals surface area contributed by atoms with E-state index in [9.17, 15) is 4.79 Å². The van der Waals surface area contributed by atoms with Crippen LogP contribution in [0.2, 0.25) is 0 Å². The number of aryl methyl sites for hydroxylation is 1. The summed E-state index contributed by atoms with van der Waals surface area (Å²) in [7, 11) is 0. The van der Waals surface area contributed by atoms with Crippen LogP contribution in [0.25, 0.3) is 5.69 Å². The summed E-state index contributed by atoms with van der Waals surface area (Å²) in [5, 5.41) is 2.99. The Bertz CT molecular complexity index is 513. The molecule has 0 amide bonds. The molecule has 0 radical (unpaired) electrons. The van der Waals surface area contributed by atoms with E-state index in [0.29, 0.717) is 0 Å². The number of hydrogen-bond donors (Lipinski definition) is 1. The minimum atomic E-state index is -0.0236. The summed E-state index contributed by atoms with van der Waals surface area (Å²) >= 11 is 2.22. The number of H-pyrrole nitrogens is 1. The molecule has 4 heteroatoms. The fourth-order valence-corrected chi connectivity index (χ4v) is 1.85. The molecule has 2 rings (SSSR count). The van der Waals surface area contributed by atoms with Crippen molar-refractivity contribution < 1.29 is 0 Å². The van der Waals surface area contributed by atoms with Crippen LogP contribution in [-0.2, 0) is 0 Å². The van der Waals surface area contributed by atoms with Crippen molar-refractivity contribution in [2.45, 2.75) is 6.92 Å². The Balaban J connectivity index is 2.60. The van der Waals surface area contributed by atoms with Crippen molar-refractivity contribution in [3.05, 3.63) is 49.9 Å². The Morgan fingerprint density at radius 1 is 1.36 bits per heavy atom. The van der Waals surface area contributed by atoms with E-state index in [1.807, 2.05) is 31.2 Å². The SMILES string of the molecule is Cc1cc(=O)n(-c2cccc(I)c2)[nH]1. The maximum atomic E-state index is 11.5. The van der Waals surface area contributed by atoms with Crippen LogP contribution < -0.4 is 5.56 Å². The Labute approximate surface area is 94.9 Å². The van der Waals surface area contributed by atoms with Crippen molar-refractivity contribution in [2.75, 3.05) is 0 Å². The van der Waals surface area contributed by atoms with Gasteiger partial charge in [-0.3, -0.25) is 9.89 Å². The topological polar surface area (TPSA) is 37.8 Å². The van der Waals surface area contributed by atoms with Gasteiger partial charge in [0, 0.05) is 15.3 Å². The van der Waals surface area contributed by atoms with Crippen LogP contribution in [-0.4, -0.2) is 9.78 Å². The first kappa shape index (κ1) is 9.51. The molecule has 1 heterocycles. The van der Waals surface area contributed by atoms with E-state index in [2.05, 4.69) is 27.7 Å². The van der Waals surface area contributed by atoms with E-state index in [4.69, 9.17) is 0 Å². The highest BCUT2D eigenvalue weighted by Gasteiger charge is 2.01. The monoisotopic (exact) mass is 300 g/mol. The number of rotatable bonds is 1. The van der Waals surface area contributed by atoms with Gasteiger partial charge in [-0.05, 0) is 47.7 Å². The van der Waals surface area contributed by atoms with E-state index < -0.39 is 0 Å². The number of benzene rings is 1. The predicted octanol–water partition coefficient (Wildman–Crippen LogP) is 2.08. The fraction of sp³-hybridized carbons (Fsp3) is 0.100. The van der Waals surface area contributed by atoms with Gasteiger partial charge in [0.15, 0.2) is 0 Å². The molecule has 0 spiro atoms. The van der Waals surface area contributed by atoms with Crippen LogP contribution in [0.15, 0.2) is 35.1 Å². The zero-order valence-corrected chi connectivity index (χ0v) is 9.78. The largest absolute Gasteiger partial charge is 0.295 e. The van der Waals surface area contributed by atoms with Gasteiger partial charge in [-0.25, -0.2) is 4.68 Å². The molecule has 0 atom stereocenters. The second-order valence-electron chi connectivity index (χ2n) is 3.09. The molecular formula is C10H9IN2O. The number of aromatic nitrogens is 2. The number of aromatic amines is 1. The van der Waals surface area contributed by atoms with E-state index in [1.54, 1.807) is 6.07 Å². The van der Waals surface area contributed by atoms with E-state index in [-0.39, 0.29) is 5.56 Å². The number of hydrogen-bond acceptors (Lipinski definition) is 1. The van der Waals surface area contributed by atoms with Crippen molar-refractivity contribution >= 4 is 22.6 Å². The lowest BCUT2D eigenvalue weighted by atomic mass is 10.3. The Morgan fingerprint density at radius 3 is 2.71 bits per heavy atom. The van der Waals surface area contributed by atoms with E-state index in [1.165, 1.54) is 4.68 Å². The van der Waals surface area contributed by atoms with Gasteiger partial charge in [0.05, 0.1) is 5.69 Å². The van der Waals surface area contributed by atoms with Crippen LogP contribution in [0.3, 0.4) is 0 Å². The Kier molecular flexibility index (Phi) is 2.45. The summed E-state index contributed by atoms with van der Waals surface area (Å²) in [5.41, 5.74) is 1.72. The third-order valence-corrected chi connectivity index (χ3v) is 2.59. The second kappa shape index (κ2) is 3.61. The number of halogens is 1. The lowest BCUT2D eigenvalue weighted by Gasteiger charge is -2.01. The summed E-state index contributed by atoms with van der Waals surface area (Å²) in [6.07, 6.45) is 0. The highest BCUT2D eigenvalue weighted by Crippen LogP contribution is 2.09. The van der Waals surface area contributed by atoms with Crippen LogP contribution >= 0.6 is 22.6 Å². The van der Waals surface area contributed by atoms with Gasteiger partial charge < -0.3 is 0 Å². The molecule has 2 aromatic rings. The van der Waals surface area contributed by atoms with Gasteiger partial charge in [-0.1, -0.05) is 6.07 Å². The first-order valence-electron chi connectivity index (χ1n) is 4.21. The minimum Gasteiger partial charge on any atom is -0.295 e. The molecule has 1 aromatic carbocycles. The first-order valence-corrected chi connectivity index (χ1v) is 5.29. The lowest BCUT2D eigenvalue weighted by molar-refractivity contribution is 0.835. The zero-order chi connectivity index (χ0) is 10.1. The van der Waals surface area contributed by atoms with Crippen molar-refractivity contribution in [3.8, 4) is 5.69 Å². The average molecular weight is 300 g/mol. The Morgan fingerprint density at radius 2 is 2.14 bits per heavy atom. The molecule has 0 fully saturated rings. The highest BCUT2D eigenvalue weighted by atomic mass is 127. The summed E-state index contributed by atoms with van der Waals surface area (Å²) < 4.78 is 2.65. The normalized spacial score (nSPS) is 10.4. The maximum absolute atomic E-state index is 11.5. The van der Waals surface area contributed by atoms with Gasteiger partial charge in [0.2, 0.25) is 0 Å². The summed E-state index contributed by atoms with van der Waals surface area (Å²) in [6, 6.07) is 9.36. The molecule has 0 unspecified atom stereocenters. The molecule has 0 saturated heterocycles. The van der Waals surface area contributed by atoms with Crippen molar-refractivity contribution in [3.63, 3.8) is 0 Å². The molecule has 1 aromatic heterocycles. The number of nitrogens with zero attached hydrogens (tertiary/aromatic N) is 1. The molecule has 0 bridgehead atoms. The summed E-state index contributed by atoms with van der Waals surface area (Å²) in [6.45, 7) is 1.87. The van der Waals surface area contributed by atoms with Crippen molar-refractivity contribution in [1.82, 2.24) is 9.78 Å². The molecule has 72 valence electrons. The predicted molar refractivity (Wildman–Crippen MR) is 63.8 cm³/mol. The molecule has 14 heavy (non-hydrogen) atoms. The van der Waals surface area contributed by atoms with Crippen LogP contribution in [0.4, 0.5) is 0 Å². The quantitative estimate of drug-likeness (QED) is 0.805. The highest BCUT2D eigenvalue weighted by molar-refractivity contribution is 14.1. The number of nitrogens with one attached hydrogen (secondary N) is 1. The fourth-order valence-electron chi connectivity index (χ4n) is 1.32. The van der Waals surface area contributed by atoms with Crippen molar-refractivity contribution in [1.29, 1.82) is 0 Å². The Hall–Kier alpha value is -1.04. The minimum absolute atomic E-state index is 0.0236. The van der Waals surface area contributed by atoms with Gasteiger partial charge >= 0.3 is 0 Å². The molecular weight excluding hydrogens is 291 g/mol. The molecule has 0 aliphatic rings. The lowest BCUT2D eigenvalue weighted by Crippen LogP contribution is -2.13. The maximum Gasteiger partial charge on any atom is 0.271 e. The third kappa shape index (κ3) is 1.75. The standard InChI is InChI=1S/C10H9IN2O/c1-7-5-10(14)13(12-7)9-4-2-3-8(11)6-9/h2-6,12H,1H3. The molecule has 0 aliphatic heterocycles. The van der Waals surface area contributed by atoms with Gasteiger partial charge in [-0.15, -0.1) is 0 Å². The second-order valence-corrected chi connectivity index (χ2v) is 4.34. The van der Waals surface area contributed by atoms with Gasteiger partial charge in [0.25, 0.3) is 5.56 Å². The summed E-state index contributed by atoms with van der Waals surface area (Å²) in [4.78, 5) is 11.5. The first-order chi connectivity index (χ1) is 6.66. The zero-order valence-electron chi connectivity index (χ0n) is 7.62. The smallest absolute Gasteiger partial charge is 0.271 e. The molecule has 3 nitrogen and oxygen atoms in total. The average Bonchev–Trinajstić information content (AvgIpc) is 2.45. The summed E-state index contributed by atoms with van der Waals surface area (Å²) in [5.74, 6) is 0. The molecule has 0 aliphatic carbocycles. The van der Waals surface area contributed by atoms with Crippen LogP contribution in [0, 0.1) is 10.5 Å². The van der Waals surface area contributed by atoms with E-state index in [0.717, 1.165) is 15.0 Å². The van der Waals surface area contributed by atoms with Crippen molar-refractivity contribution in [2.24, 2.45) is 0 Å². The molecule has 0 saturated carbocycles. The van der Waals surface area contributed by atoms with Crippen LogP contribution in [0.1, 0.15) is 5.69 Å².